The van der Waals surface area contributed by atoms with Gasteiger partial charge in [0.25, 0.3) is 0 Å². The Kier molecular flexibility index (Phi) is 8.07. The van der Waals surface area contributed by atoms with E-state index < -0.39 is 0 Å². The van der Waals surface area contributed by atoms with E-state index in [1.165, 1.54) is 12.1 Å². The highest BCUT2D eigenvalue weighted by Gasteiger charge is 2.26. The first-order valence-electron chi connectivity index (χ1n) is 12.3. The zero-order chi connectivity index (χ0) is 24.8. The van der Waals surface area contributed by atoms with E-state index in [0.29, 0.717) is 24.2 Å². The van der Waals surface area contributed by atoms with Crippen LogP contribution >= 0.6 is 0 Å². The summed E-state index contributed by atoms with van der Waals surface area (Å²) in [5.74, 6) is 1.42. The van der Waals surface area contributed by atoms with Crippen LogP contribution in [-0.2, 0) is 19.9 Å². The molecule has 1 fully saturated rings. The molecule has 2 atom stereocenters. The molecular weight excluding hydrogens is 445 g/mol. The molecule has 0 bridgehead atoms. The number of nitrogens with zero attached hydrogens (tertiary/aromatic N) is 5. The zero-order valence-electron chi connectivity index (χ0n) is 20.7. The topological polar surface area (TPSA) is 88.0 Å². The maximum atomic E-state index is 13.1. The molecule has 9 heteroatoms. The van der Waals surface area contributed by atoms with Crippen LogP contribution in [0.2, 0.25) is 0 Å². The van der Waals surface area contributed by atoms with E-state index in [-0.39, 0.29) is 11.8 Å². The molecule has 2 N–H and O–H groups in total. The molecule has 35 heavy (non-hydrogen) atoms. The van der Waals surface area contributed by atoms with E-state index in [1.54, 1.807) is 11.7 Å². The molecule has 2 amide bonds. The van der Waals surface area contributed by atoms with Crippen molar-refractivity contribution in [1.82, 2.24) is 30.4 Å². The van der Waals surface area contributed by atoms with Gasteiger partial charge in [0.2, 0.25) is 0 Å². The van der Waals surface area contributed by atoms with Crippen molar-refractivity contribution < 1.29 is 9.18 Å². The Morgan fingerprint density at radius 3 is 2.71 bits per heavy atom. The number of rotatable bonds is 8. The summed E-state index contributed by atoms with van der Waals surface area (Å²) in [7, 11) is 1.80. The van der Waals surface area contributed by atoms with Crippen molar-refractivity contribution >= 4 is 11.7 Å². The largest absolute Gasteiger partial charge is 0.338 e. The van der Waals surface area contributed by atoms with Gasteiger partial charge in [-0.3, -0.25) is 0 Å². The molecule has 0 spiro atoms. The summed E-state index contributed by atoms with van der Waals surface area (Å²) >= 11 is 0. The number of hydrogen-bond donors (Lipinski definition) is 2. The molecule has 0 unspecified atom stereocenters. The number of aromatic nitrogens is 4. The number of anilines is 1. The second kappa shape index (κ2) is 11.4. The second-order valence-electron chi connectivity index (χ2n) is 9.39. The highest BCUT2D eigenvalue weighted by Crippen LogP contribution is 2.25. The molecule has 1 aliphatic heterocycles. The van der Waals surface area contributed by atoms with Gasteiger partial charge in [0, 0.05) is 37.9 Å². The quantitative estimate of drug-likeness (QED) is 0.512. The van der Waals surface area contributed by atoms with Gasteiger partial charge in [0.1, 0.15) is 5.82 Å². The fourth-order valence-corrected chi connectivity index (χ4v) is 4.64. The second-order valence-corrected chi connectivity index (χ2v) is 9.39. The molecule has 2 heterocycles. The third-order valence-corrected chi connectivity index (χ3v) is 6.97. The molecule has 0 radical (unpaired) electrons. The number of nitrogens with one attached hydrogen (secondary N) is 2. The van der Waals surface area contributed by atoms with Crippen LogP contribution in [0.5, 0.6) is 0 Å². The number of urea groups is 1. The molecule has 1 saturated heterocycles. The van der Waals surface area contributed by atoms with E-state index in [4.69, 9.17) is 0 Å². The van der Waals surface area contributed by atoms with E-state index in [1.807, 2.05) is 30.3 Å². The predicted octanol–water partition coefficient (Wildman–Crippen LogP) is 3.90. The van der Waals surface area contributed by atoms with Gasteiger partial charge in [-0.15, -0.1) is 5.10 Å². The normalized spacial score (nSPS) is 18.4. The van der Waals surface area contributed by atoms with Gasteiger partial charge >= 0.3 is 6.03 Å². The number of carbonyl (C=O) groups is 1. The lowest BCUT2D eigenvalue weighted by atomic mass is 9.87. The Balaban J connectivity index is 1.29. The average Bonchev–Trinajstić information content (AvgIpc) is 3.29. The lowest BCUT2D eigenvalue weighted by molar-refractivity contribution is 0.129. The molecule has 0 saturated carbocycles. The maximum Gasteiger partial charge on any atom is 0.319 e. The number of likely N-dealkylation sites (tertiary alicyclic amines) is 1. The van der Waals surface area contributed by atoms with Crippen molar-refractivity contribution in [2.24, 2.45) is 18.9 Å². The SMILES string of the molecule is CCc1cc(-c2nnnn2C)ccc1NC(=O)NC[C@H]1CN(CCc2ccc(F)cc2)CC[C@@H]1C. The van der Waals surface area contributed by atoms with E-state index >= 15 is 0 Å². The molecule has 1 aliphatic rings. The fraction of sp³-hybridized carbons (Fsp3) is 0.462. The number of aryl methyl sites for hydroxylation is 2. The first kappa shape index (κ1) is 24.8. The predicted molar refractivity (Wildman–Crippen MR) is 134 cm³/mol. The third kappa shape index (κ3) is 6.42. The number of hydrogen-bond acceptors (Lipinski definition) is 5. The summed E-state index contributed by atoms with van der Waals surface area (Å²) in [5, 5.41) is 17.7. The van der Waals surface area contributed by atoms with E-state index in [0.717, 1.165) is 61.3 Å². The summed E-state index contributed by atoms with van der Waals surface area (Å²) < 4.78 is 14.8. The first-order valence-corrected chi connectivity index (χ1v) is 12.3. The molecule has 4 rings (SSSR count). The van der Waals surface area contributed by atoms with Crippen molar-refractivity contribution in [3.8, 4) is 11.4 Å². The molecule has 2 aromatic carbocycles. The van der Waals surface area contributed by atoms with Gasteiger partial charge in [-0.25, -0.2) is 13.9 Å². The Bertz CT molecular complexity index is 1130. The smallest absolute Gasteiger partial charge is 0.319 e. The standard InChI is InChI=1S/C26H34FN7O/c1-4-20-15-21(25-30-31-32-33(25)3)7-10-24(20)29-26(35)28-16-22-17-34(13-11-18(22)2)14-12-19-5-8-23(27)9-6-19/h5-10,15,18,22H,4,11-14,16-17H2,1-3H3,(H2,28,29,35)/t18-,22-/m0/s1. The average molecular weight is 480 g/mol. The van der Waals surface area contributed by atoms with Gasteiger partial charge in [0.05, 0.1) is 0 Å². The monoisotopic (exact) mass is 479 g/mol. The molecule has 1 aromatic heterocycles. The Labute approximate surface area is 205 Å². The Morgan fingerprint density at radius 2 is 2.00 bits per heavy atom. The van der Waals surface area contributed by atoms with E-state index in [9.17, 15) is 9.18 Å². The summed E-state index contributed by atoms with van der Waals surface area (Å²) in [6, 6.07) is 12.4. The van der Waals surface area contributed by atoms with Crippen LogP contribution in [0, 0.1) is 17.7 Å². The minimum absolute atomic E-state index is 0.191. The zero-order valence-corrected chi connectivity index (χ0v) is 20.7. The van der Waals surface area contributed by atoms with Crippen LogP contribution in [0.3, 0.4) is 0 Å². The number of tetrazole rings is 1. The number of carbonyl (C=O) groups excluding carboxylic acids is 1. The minimum atomic E-state index is -0.199. The van der Waals surface area contributed by atoms with Gasteiger partial charge in [-0.1, -0.05) is 26.0 Å². The summed E-state index contributed by atoms with van der Waals surface area (Å²) in [4.78, 5) is 15.2. The van der Waals surface area contributed by atoms with Crippen molar-refractivity contribution in [3.63, 3.8) is 0 Å². The number of amides is 2. The van der Waals surface area contributed by atoms with Crippen LogP contribution in [0.4, 0.5) is 14.9 Å². The number of benzene rings is 2. The molecule has 0 aliphatic carbocycles. The summed E-state index contributed by atoms with van der Waals surface area (Å²) in [6.07, 6.45) is 2.78. The highest BCUT2D eigenvalue weighted by molar-refractivity contribution is 5.90. The van der Waals surface area contributed by atoms with Crippen LogP contribution in [0.25, 0.3) is 11.4 Å². The first-order chi connectivity index (χ1) is 16.9. The minimum Gasteiger partial charge on any atom is -0.338 e. The number of piperidine rings is 1. The maximum absolute atomic E-state index is 13.1. The van der Waals surface area contributed by atoms with Crippen LogP contribution in [-0.4, -0.2) is 57.3 Å². The molecule has 8 nitrogen and oxygen atoms in total. The fourth-order valence-electron chi connectivity index (χ4n) is 4.64. The van der Waals surface area contributed by atoms with Crippen molar-refractivity contribution in [3.05, 3.63) is 59.4 Å². The lowest BCUT2D eigenvalue weighted by Crippen LogP contribution is -2.45. The van der Waals surface area contributed by atoms with Crippen LogP contribution in [0.1, 0.15) is 31.4 Å². The van der Waals surface area contributed by atoms with Crippen molar-refractivity contribution in [2.75, 3.05) is 31.5 Å². The summed E-state index contributed by atoms with van der Waals surface area (Å²) in [5.41, 5.74) is 3.88. The molecule has 3 aromatic rings. The van der Waals surface area contributed by atoms with Gasteiger partial charge in [-0.2, -0.15) is 0 Å². The molecular formula is C26H34FN7O. The molecule has 186 valence electrons. The van der Waals surface area contributed by atoms with Crippen LogP contribution < -0.4 is 10.6 Å². The highest BCUT2D eigenvalue weighted by atomic mass is 19.1. The van der Waals surface area contributed by atoms with Gasteiger partial charge in [0.15, 0.2) is 5.82 Å². The Hall–Kier alpha value is -3.33. The number of halogens is 1. The van der Waals surface area contributed by atoms with Crippen molar-refractivity contribution in [1.29, 1.82) is 0 Å². The van der Waals surface area contributed by atoms with Gasteiger partial charge in [-0.05, 0) is 89.5 Å². The third-order valence-electron chi connectivity index (χ3n) is 6.97. The lowest BCUT2D eigenvalue weighted by Gasteiger charge is -2.37. The van der Waals surface area contributed by atoms with E-state index in [2.05, 4.69) is 44.9 Å². The Morgan fingerprint density at radius 1 is 1.20 bits per heavy atom. The summed E-state index contributed by atoms with van der Waals surface area (Å²) in [6.45, 7) is 7.89. The van der Waals surface area contributed by atoms with Gasteiger partial charge < -0.3 is 15.5 Å². The van der Waals surface area contributed by atoms with Crippen LogP contribution in [0.15, 0.2) is 42.5 Å². The van der Waals surface area contributed by atoms with Crippen molar-refractivity contribution in [2.45, 2.75) is 33.1 Å².